The highest BCUT2D eigenvalue weighted by molar-refractivity contribution is 6.04. The second-order valence-corrected chi connectivity index (χ2v) is 3.92. The normalized spacial score (nSPS) is 10.3. The third kappa shape index (κ3) is 2.67. The lowest BCUT2D eigenvalue weighted by molar-refractivity contribution is 0.102. The van der Waals surface area contributed by atoms with Crippen molar-refractivity contribution in [3.8, 4) is 0 Å². The number of pyridine rings is 1. The molecular weight excluding hydrogens is 254 g/mol. The molecule has 0 atom stereocenters. The number of benzene rings is 1. The Morgan fingerprint density at radius 2 is 1.79 bits per heavy atom. The van der Waals surface area contributed by atoms with E-state index in [9.17, 15) is 18.4 Å². The third-order valence-corrected chi connectivity index (χ3v) is 2.55. The van der Waals surface area contributed by atoms with Gasteiger partial charge in [-0.05, 0) is 18.2 Å². The van der Waals surface area contributed by atoms with Crippen LogP contribution in [0.2, 0.25) is 0 Å². The molecule has 2 aromatic rings. The molecule has 98 valence electrons. The topological polar surface area (TPSA) is 51.1 Å². The van der Waals surface area contributed by atoms with Crippen LogP contribution >= 0.6 is 0 Å². The number of aromatic nitrogens is 1. The Balaban J connectivity index is 2.31. The number of amides is 1. The van der Waals surface area contributed by atoms with Crippen LogP contribution in [-0.4, -0.2) is 10.5 Å². The van der Waals surface area contributed by atoms with E-state index in [1.807, 2.05) is 0 Å². The maximum absolute atomic E-state index is 13.4. The van der Waals surface area contributed by atoms with Gasteiger partial charge in [0, 0.05) is 19.3 Å². The molecule has 0 aliphatic rings. The van der Waals surface area contributed by atoms with Crippen LogP contribution < -0.4 is 10.9 Å². The number of nitrogens with zero attached hydrogens (tertiary/aromatic N) is 1. The fourth-order valence-corrected chi connectivity index (χ4v) is 1.53. The van der Waals surface area contributed by atoms with Crippen LogP contribution in [0.25, 0.3) is 0 Å². The molecule has 0 spiro atoms. The molecule has 1 aromatic carbocycles. The summed E-state index contributed by atoms with van der Waals surface area (Å²) in [6.07, 6.45) is 1.29. The van der Waals surface area contributed by atoms with Gasteiger partial charge < -0.3 is 9.88 Å². The van der Waals surface area contributed by atoms with Gasteiger partial charge in [0.1, 0.15) is 17.3 Å². The first-order valence-corrected chi connectivity index (χ1v) is 5.41. The van der Waals surface area contributed by atoms with Crippen LogP contribution in [0.15, 0.2) is 41.3 Å². The van der Waals surface area contributed by atoms with Gasteiger partial charge in [-0.25, -0.2) is 8.78 Å². The zero-order valence-corrected chi connectivity index (χ0v) is 9.98. The van der Waals surface area contributed by atoms with E-state index in [0.29, 0.717) is 0 Å². The fraction of sp³-hybridized carbons (Fsp3) is 0.0769. The number of para-hydroxylation sites is 1. The van der Waals surface area contributed by atoms with Gasteiger partial charge in [0.15, 0.2) is 0 Å². The van der Waals surface area contributed by atoms with Crippen LogP contribution in [0, 0.1) is 11.6 Å². The molecule has 19 heavy (non-hydrogen) atoms. The highest BCUT2D eigenvalue weighted by atomic mass is 19.1. The number of aryl methyl sites for hydroxylation is 1. The monoisotopic (exact) mass is 264 g/mol. The number of nitrogens with one attached hydrogen (secondary N) is 1. The van der Waals surface area contributed by atoms with Crippen molar-refractivity contribution in [1.82, 2.24) is 4.57 Å². The van der Waals surface area contributed by atoms with Crippen molar-refractivity contribution >= 4 is 11.6 Å². The molecule has 1 N–H and O–H groups in total. The third-order valence-electron chi connectivity index (χ3n) is 2.55. The highest BCUT2D eigenvalue weighted by Crippen LogP contribution is 2.18. The Hall–Kier alpha value is -2.50. The van der Waals surface area contributed by atoms with Crippen molar-refractivity contribution in [2.45, 2.75) is 0 Å². The Bertz CT molecular complexity index is 675. The first kappa shape index (κ1) is 12.9. The van der Waals surface area contributed by atoms with Gasteiger partial charge in [-0.3, -0.25) is 9.59 Å². The molecule has 1 amide bonds. The quantitative estimate of drug-likeness (QED) is 0.900. The van der Waals surface area contributed by atoms with Crippen molar-refractivity contribution in [3.63, 3.8) is 0 Å². The van der Waals surface area contributed by atoms with Crippen LogP contribution in [0.5, 0.6) is 0 Å². The molecular formula is C13H10F2N2O2. The van der Waals surface area contributed by atoms with Gasteiger partial charge in [-0.2, -0.15) is 0 Å². The van der Waals surface area contributed by atoms with E-state index in [1.165, 1.54) is 36.0 Å². The van der Waals surface area contributed by atoms with Gasteiger partial charge in [0.25, 0.3) is 5.91 Å². The summed E-state index contributed by atoms with van der Waals surface area (Å²) in [5.74, 6) is -2.42. The van der Waals surface area contributed by atoms with Crippen molar-refractivity contribution in [2.24, 2.45) is 7.05 Å². The van der Waals surface area contributed by atoms with Crippen molar-refractivity contribution in [1.29, 1.82) is 0 Å². The summed E-state index contributed by atoms with van der Waals surface area (Å²) in [7, 11) is 1.47. The minimum absolute atomic E-state index is 0.129. The first-order chi connectivity index (χ1) is 8.99. The minimum Gasteiger partial charge on any atom is -0.318 e. The van der Waals surface area contributed by atoms with Crippen molar-refractivity contribution < 1.29 is 13.6 Å². The number of hydrogen-bond donors (Lipinski definition) is 1. The second-order valence-electron chi connectivity index (χ2n) is 3.92. The summed E-state index contributed by atoms with van der Waals surface area (Å²) in [4.78, 5) is 23.0. The Morgan fingerprint density at radius 3 is 2.37 bits per heavy atom. The fourth-order valence-electron chi connectivity index (χ4n) is 1.53. The van der Waals surface area contributed by atoms with E-state index in [1.54, 1.807) is 0 Å². The van der Waals surface area contributed by atoms with Crippen LogP contribution in [0.4, 0.5) is 14.5 Å². The Morgan fingerprint density at radius 1 is 1.16 bits per heavy atom. The largest absolute Gasteiger partial charge is 0.318 e. The summed E-state index contributed by atoms with van der Waals surface area (Å²) < 4.78 is 27.9. The number of rotatable bonds is 2. The number of hydrogen-bond acceptors (Lipinski definition) is 2. The van der Waals surface area contributed by atoms with Gasteiger partial charge >= 0.3 is 0 Å². The SMILES string of the molecule is Cn1cc(C(=O)Nc2c(F)cccc2F)ccc1=O. The molecule has 1 aromatic heterocycles. The molecule has 1 heterocycles. The molecule has 0 radical (unpaired) electrons. The van der Waals surface area contributed by atoms with Crippen LogP contribution in [0.3, 0.4) is 0 Å². The van der Waals surface area contributed by atoms with E-state index in [-0.39, 0.29) is 11.1 Å². The van der Waals surface area contributed by atoms with E-state index in [0.717, 1.165) is 12.1 Å². The summed E-state index contributed by atoms with van der Waals surface area (Å²) in [5.41, 5.74) is -0.667. The molecule has 0 saturated carbocycles. The number of carbonyl (C=O) groups excluding carboxylic acids is 1. The molecule has 0 fully saturated rings. The van der Waals surface area contributed by atoms with Gasteiger partial charge in [-0.1, -0.05) is 6.07 Å². The highest BCUT2D eigenvalue weighted by Gasteiger charge is 2.13. The lowest BCUT2D eigenvalue weighted by Gasteiger charge is -2.08. The zero-order valence-electron chi connectivity index (χ0n) is 9.98. The second kappa shape index (κ2) is 5.01. The van der Waals surface area contributed by atoms with E-state index < -0.39 is 23.2 Å². The van der Waals surface area contributed by atoms with Crippen LogP contribution in [-0.2, 0) is 7.05 Å². The maximum atomic E-state index is 13.4. The van der Waals surface area contributed by atoms with Crippen LogP contribution in [0.1, 0.15) is 10.4 Å². The predicted molar refractivity (Wildman–Crippen MR) is 66.0 cm³/mol. The lowest BCUT2D eigenvalue weighted by Crippen LogP contribution is -2.20. The van der Waals surface area contributed by atoms with Gasteiger partial charge in [0.05, 0.1) is 5.56 Å². The molecule has 0 aliphatic heterocycles. The number of anilines is 1. The molecule has 0 aliphatic carbocycles. The predicted octanol–water partition coefficient (Wildman–Crippen LogP) is 1.92. The zero-order chi connectivity index (χ0) is 14.0. The number of halogens is 2. The van der Waals surface area contributed by atoms with Crippen molar-refractivity contribution in [3.05, 3.63) is 64.1 Å². The van der Waals surface area contributed by atoms with Gasteiger partial charge in [-0.15, -0.1) is 0 Å². The summed E-state index contributed by atoms with van der Waals surface area (Å²) in [5, 5.41) is 2.14. The summed E-state index contributed by atoms with van der Waals surface area (Å²) in [6, 6.07) is 5.77. The molecule has 4 nitrogen and oxygen atoms in total. The molecule has 2 rings (SSSR count). The Kier molecular flexibility index (Phi) is 3.41. The summed E-state index contributed by atoms with van der Waals surface area (Å²) in [6.45, 7) is 0. The first-order valence-electron chi connectivity index (χ1n) is 5.41. The number of carbonyl (C=O) groups is 1. The lowest BCUT2D eigenvalue weighted by atomic mass is 10.2. The molecule has 0 bridgehead atoms. The Labute approximate surface area is 107 Å². The molecule has 6 heteroatoms. The standard InChI is InChI=1S/C13H10F2N2O2/c1-17-7-8(5-6-11(17)18)13(19)16-12-9(14)3-2-4-10(12)15/h2-7H,1H3,(H,16,19). The smallest absolute Gasteiger partial charge is 0.257 e. The molecule has 0 saturated heterocycles. The summed E-state index contributed by atoms with van der Waals surface area (Å²) >= 11 is 0. The average molecular weight is 264 g/mol. The van der Waals surface area contributed by atoms with Crippen molar-refractivity contribution in [2.75, 3.05) is 5.32 Å². The van der Waals surface area contributed by atoms with E-state index in [2.05, 4.69) is 5.32 Å². The average Bonchev–Trinajstić information content (AvgIpc) is 2.37. The minimum atomic E-state index is -0.863. The van der Waals surface area contributed by atoms with E-state index >= 15 is 0 Å². The van der Waals surface area contributed by atoms with E-state index in [4.69, 9.17) is 0 Å². The van der Waals surface area contributed by atoms with Gasteiger partial charge in [0.2, 0.25) is 5.56 Å². The maximum Gasteiger partial charge on any atom is 0.257 e. The molecule has 0 unspecified atom stereocenters.